The van der Waals surface area contributed by atoms with Crippen molar-refractivity contribution >= 4 is 45.9 Å². The van der Waals surface area contributed by atoms with Crippen LogP contribution in [0.3, 0.4) is 0 Å². The molecule has 27 heavy (non-hydrogen) atoms. The number of pyridine rings is 1. The monoisotopic (exact) mass is 382 g/mol. The van der Waals surface area contributed by atoms with E-state index in [0.29, 0.717) is 28.1 Å². The molecule has 0 spiro atoms. The third-order valence-corrected chi connectivity index (χ3v) is 4.10. The van der Waals surface area contributed by atoms with Crippen LogP contribution >= 0.6 is 11.6 Å². The number of halogens is 2. The van der Waals surface area contributed by atoms with Gasteiger partial charge in [0.15, 0.2) is 5.78 Å². The second-order valence-electron chi connectivity index (χ2n) is 5.68. The molecule has 1 aromatic carbocycles. The summed E-state index contributed by atoms with van der Waals surface area (Å²) in [4.78, 5) is 27.6. The summed E-state index contributed by atoms with van der Waals surface area (Å²) in [5, 5.41) is 3.67. The molecule has 4 aromatic rings. The number of nitrogens with zero attached hydrogens (tertiary/aromatic N) is 3. The van der Waals surface area contributed by atoms with Crippen LogP contribution in [0.2, 0.25) is 5.15 Å². The number of carbonyl (C=O) groups is 1. The van der Waals surface area contributed by atoms with Crippen LogP contribution in [0.5, 0.6) is 0 Å². The first-order valence-corrected chi connectivity index (χ1v) is 8.22. The van der Waals surface area contributed by atoms with Crippen molar-refractivity contribution < 1.29 is 9.18 Å². The molecule has 0 amide bonds. The first kappa shape index (κ1) is 16.9. The highest BCUT2D eigenvalue weighted by molar-refractivity contribution is 6.29. The minimum absolute atomic E-state index is 0.00882. The maximum atomic E-state index is 14.6. The number of rotatable bonds is 4. The second kappa shape index (κ2) is 6.65. The predicted octanol–water partition coefficient (Wildman–Crippen LogP) is 3.70. The first-order valence-electron chi connectivity index (χ1n) is 7.85. The number of carbonyl (C=O) groups excluding carboxylic acids is 1. The van der Waals surface area contributed by atoms with Crippen LogP contribution in [0.25, 0.3) is 11.0 Å². The van der Waals surface area contributed by atoms with Crippen molar-refractivity contribution in [3.8, 4) is 0 Å². The van der Waals surface area contributed by atoms with Crippen LogP contribution in [-0.4, -0.2) is 25.7 Å². The maximum absolute atomic E-state index is 14.6. The van der Waals surface area contributed by atoms with Gasteiger partial charge in [-0.25, -0.2) is 14.4 Å². The lowest BCUT2D eigenvalue weighted by molar-refractivity contribution is 0.103. The lowest BCUT2D eigenvalue weighted by atomic mass is 10.0. The van der Waals surface area contributed by atoms with E-state index in [1.165, 1.54) is 24.4 Å². The summed E-state index contributed by atoms with van der Waals surface area (Å²) in [6.45, 7) is 0. The molecular formula is C18H12ClFN6O. The summed E-state index contributed by atoms with van der Waals surface area (Å²) in [5.74, 6) is -0.793. The molecule has 0 bridgehead atoms. The van der Waals surface area contributed by atoms with Crippen LogP contribution in [-0.2, 0) is 0 Å². The van der Waals surface area contributed by atoms with Gasteiger partial charge in [-0.15, -0.1) is 0 Å². The average molecular weight is 383 g/mol. The molecule has 7 nitrogen and oxygen atoms in total. The quantitative estimate of drug-likeness (QED) is 0.366. The third-order valence-electron chi connectivity index (χ3n) is 3.90. The van der Waals surface area contributed by atoms with E-state index in [1.807, 2.05) is 0 Å². The zero-order valence-electron chi connectivity index (χ0n) is 13.7. The van der Waals surface area contributed by atoms with E-state index in [0.717, 1.165) is 0 Å². The number of ketones is 1. The molecule has 0 aliphatic heterocycles. The number of anilines is 3. The van der Waals surface area contributed by atoms with Crippen molar-refractivity contribution in [3.63, 3.8) is 0 Å². The van der Waals surface area contributed by atoms with Gasteiger partial charge in [-0.05, 0) is 30.3 Å². The molecule has 4 N–H and O–H groups in total. The summed E-state index contributed by atoms with van der Waals surface area (Å²) in [5.41, 5.74) is 6.82. The van der Waals surface area contributed by atoms with Crippen LogP contribution in [0.15, 0.2) is 48.8 Å². The summed E-state index contributed by atoms with van der Waals surface area (Å²) in [6, 6.07) is 8.93. The fraction of sp³-hybridized carbons (Fsp3) is 0. The Morgan fingerprint density at radius 3 is 2.78 bits per heavy atom. The van der Waals surface area contributed by atoms with Crippen molar-refractivity contribution in [2.24, 2.45) is 0 Å². The highest BCUT2D eigenvalue weighted by Gasteiger charge is 2.18. The molecule has 3 aromatic heterocycles. The summed E-state index contributed by atoms with van der Waals surface area (Å²) >= 11 is 5.82. The lowest BCUT2D eigenvalue weighted by Gasteiger charge is -2.09. The van der Waals surface area contributed by atoms with Crippen LogP contribution in [0.1, 0.15) is 15.9 Å². The summed E-state index contributed by atoms with van der Waals surface area (Å²) < 4.78 is 14.6. The standard InChI is InChI=1S/C18H12ClFN6O/c19-14-8-15(26-18(21)25-14)24-9-1-2-12(13(20)7-9)16(27)10-3-5-22-17-11(10)4-6-23-17/h1-8H,(H,22,23)(H3,21,24,25,26). The van der Waals surface area contributed by atoms with E-state index in [1.54, 1.807) is 24.4 Å². The highest BCUT2D eigenvalue weighted by atomic mass is 35.5. The first-order chi connectivity index (χ1) is 13.0. The SMILES string of the molecule is Nc1nc(Cl)cc(Nc2ccc(C(=O)c3ccnc4[nH]ccc34)c(F)c2)n1. The molecule has 0 aliphatic rings. The van der Waals surface area contributed by atoms with Crippen LogP contribution in [0, 0.1) is 5.82 Å². The molecule has 0 saturated heterocycles. The van der Waals surface area contributed by atoms with Gasteiger partial charge in [0.05, 0.1) is 5.56 Å². The number of hydrogen-bond donors (Lipinski definition) is 3. The Morgan fingerprint density at radius 1 is 1.15 bits per heavy atom. The Balaban J connectivity index is 1.65. The van der Waals surface area contributed by atoms with Gasteiger partial charge < -0.3 is 16.0 Å². The van der Waals surface area contributed by atoms with Gasteiger partial charge in [-0.1, -0.05) is 11.6 Å². The molecule has 0 unspecified atom stereocenters. The minimum Gasteiger partial charge on any atom is -0.368 e. The zero-order chi connectivity index (χ0) is 19.0. The van der Waals surface area contributed by atoms with Gasteiger partial charge in [-0.3, -0.25) is 4.79 Å². The average Bonchev–Trinajstić information content (AvgIpc) is 3.09. The number of aromatic nitrogens is 4. The number of H-pyrrole nitrogens is 1. The van der Waals surface area contributed by atoms with Gasteiger partial charge in [0.1, 0.15) is 22.4 Å². The van der Waals surface area contributed by atoms with Crippen molar-refractivity contribution in [1.29, 1.82) is 0 Å². The summed E-state index contributed by atoms with van der Waals surface area (Å²) in [6.07, 6.45) is 3.18. The van der Waals surface area contributed by atoms with Gasteiger partial charge in [0.25, 0.3) is 0 Å². The molecule has 0 saturated carbocycles. The fourth-order valence-electron chi connectivity index (χ4n) is 2.73. The van der Waals surface area contributed by atoms with E-state index in [2.05, 4.69) is 25.3 Å². The Hall–Kier alpha value is -3.52. The highest BCUT2D eigenvalue weighted by Crippen LogP contribution is 2.24. The van der Waals surface area contributed by atoms with Crippen molar-refractivity contribution in [2.75, 3.05) is 11.1 Å². The molecule has 0 aliphatic carbocycles. The predicted molar refractivity (Wildman–Crippen MR) is 101 cm³/mol. The largest absolute Gasteiger partial charge is 0.368 e. The van der Waals surface area contributed by atoms with Crippen molar-refractivity contribution in [2.45, 2.75) is 0 Å². The molecule has 0 radical (unpaired) electrons. The Labute approximate surface area is 157 Å². The Bertz CT molecular complexity index is 1160. The molecular weight excluding hydrogens is 371 g/mol. The number of hydrogen-bond acceptors (Lipinski definition) is 6. The van der Waals surface area contributed by atoms with Gasteiger partial charge in [0, 0.05) is 35.1 Å². The van der Waals surface area contributed by atoms with E-state index in [4.69, 9.17) is 17.3 Å². The number of nitrogen functional groups attached to an aromatic ring is 1. The molecule has 4 rings (SSSR count). The van der Waals surface area contributed by atoms with Gasteiger partial charge in [-0.2, -0.15) is 4.98 Å². The molecule has 134 valence electrons. The van der Waals surface area contributed by atoms with E-state index < -0.39 is 11.6 Å². The van der Waals surface area contributed by atoms with Gasteiger partial charge >= 0.3 is 0 Å². The van der Waals surface area contributed by atoms with E-state index >= 15 is 0 Å². The number of nitrogens with two attached hydrogens (primary N) is 1. The van der Waals surface area contributed by atoms with Crippen LogP contribution < -0.4 is 11.1 Å². The second-order valence-corrected chi connectivity index (χ2v) is 6.07. The number of nitrogens with one attached hydrogen (secondary N) is 2. The molecule has 3 heterocycles. The maximum Gasteiger partial charge on any atom is 0.223 e. The van der Waals surface area contributed by atoms with E-state index in [9.17, 15) is 9.18 Å². The Kier molecular flexibility index (Phi) is 4.17. The van der Waals surface area contributed by atoms with Crippen molar-refractivity contribution in [3.05, 3.63) is 70.9 Å². The summed E-state index contributed by atoms with van der Waals surface area (Å²) in [7, 11) is 0. The smallest absolute Gasteiger partial charge is 0.223 e. The number of fused-ring (bicyclic) bond motifs is 1. The molecule has 0 atom stereocenters. The molecule has 0 fully saturated rings. The fourth-order valence-corrected chi connectivity index (χ4v) is 2.92. The van der Waals surface area contributed by atoms with Crippen molar-refractivity contribution in [1.82, 2.24) is 19.9 Å². The minimum atomic E-state index is -0.668. The lowest BCUT2D eigenvalue weighted by Crippen LogP contribution is -2.06. The number of aromatic amines is 1. The zero-order valence-corrected chi connectivity index (χ0v) is 14.5. The molecule has 9 heteroatoms. The Morgan fingerprint density at radius 2 is 2.00 bits per heavy atom. The van der Waals surface area contributed by atoms with Gasteiger partial charge in [0.2, 0.25) is 5.95 Å². The third kappa shape index (κ3) is 3.30. The normalized spacial score (nSPS) is 10.9. The number of benzene rings is 1. The topological polar surface area (TPSA) is 110 Å². The van der Waals surface area contributed by atoms with E-state index in [-0.39, 0.29) is 16.7 Å². The van der Waals surface area contributed by atoms with Crippen LogP contribution in [0.4, 0.5) is 21.8 Å².